The predicted molar refractivity (Wildman–Crippen MR) is 107 cm³/mol. The van der Waals surface area contributed by atoms with E-state index in [9.17, 15) is 9.59 Å². The van der Waals surface area contributed by atoms with Crippen LogP contribution in [0.4, 0.5) is 5.69 Å². The lowest BCUT2D eigenvalue weighted by Gasteiger charge is -2.21. The lowest BCUT2D eigenvalue weighted by molar-refractivity contribution is -0.136. The van der Waals surface area contributed by atoms with Gasteiger partial charge >= 0.3 is 5.97 Å². The van der Waals surface area contributed by atoms with Crippen LogP contribution in [0.3, 0.4) is 0 Å². The molecule has 0 saturated heterocycles. The highest BCUT2D eigenvalue weighted by atomic mass is 32.2. The highest BCUT2D eigenvalue weighted by molar-refractivity contribution is 8.00. The van der Waals surface area contributed by atoms with E-state index in [0.29, 0.717) is 5.75 Å². The molecule has 1 atom stereocenters. The maximum absolute atomic E-state index is 12.7. The van der Waals surface area contributed by atoms with Crippen molar-refractivity contribution in [1.29, 1.82) is 0 Å². The summed E-state index contributed by atoms with van der Waals surface area (Å²) >= 11 is 5.01. The number of thioether (sulfide) groups is 2. The molecule has 7 heteroatoms. The molecule has 0 aliphatic carbocycles. The molecule has 1 aromatic carbocycles. The molecule has 0 spiro atoms. The van der Waals surface area contributed by atoms with E-state index in [4.69, 9.17) is 5.11 Å². The van der Waals surface area contributed by atoms with Gasteiger partial charge in [-0.15, -0.1) is 23.1 Å². The van der Waals surface area contributed by atoms with Gasteiger partial charge in [0, 0.05) is 22.1 Å². The third-order valence-electron chi connectivity index (χ3n) is 3.84. The van der Waals surface area contributed by atoms with Crippen molar-refractivity contribution >= 4 is 52.4 Å². The topological polar surface area (TPSA) is 66.4 Å². The highest BCUT2D eigenvalue weighted by Crippen LogP contribution is 2.40. The first kappa shape index (κ1) is 18.4. The number of carboxylic acids is 1. The van der Waals surface area contributed by atoms with Crippen molar-refractivity contribution in [3.05, 3.63) is 51.7 Å². The number of fused-ring (bicyclic) bond motifs is 1. The Hall–Kier alpha value is -1.44. The number of aliphatic carboxylic acids is 1. The van der Waals surface area contributed by atoms with Crippen molar-refractivity contribution < 1.29 is 14.7 Å². The van der Waals surface area contributed by atoms with Crippen molar-refractivity contribution in [2.24, 2.45) is 0 Å². The Labute approximate surface area is 159 Å². The summed E-state index contributed by atoms with van der Waals surface area (Å²) in [5, 5.41) is 13.6. The third-order valence-corrected chi connectivity index (χ3v) is 7.11. The summed E-state index contributed by atoms with van der Waals surface area (Å²) in [5.74, 6) is 1.56. The van der Waals surface area contributed by atoms with Crippen molar-refractivity contribution in [3.63, 3.8) is 0 Å². The first-order chi connectivity index (χ1) is 12.1. The number of rotatable bonds is 7. The molecule has 1 unspecified atom stereocenters. The summed E-state index contributed by atoms with van der Waals surface area (Å²) in [6.07, 6.45) is 1.22. The van der Waals surface area contributed by atoms with Crippen molar-refractivity contribution in [2.45, 2.75) is 23.8 Å². The van der Waals surface area contributed by atoms with Gasteiger partial charge in [0.05, 0.1) is 6.42 Å². The number of carbonyl (C=O) groups is 2. The van der Waals surface area contributed by atoms with E-state index in [1.54, 1.807) is 34.9 Å². The molecule has 1 aromatic heterocycles. The standard InChI is InChI=1S/C18H19NO3S3/c20-16(21)6-7-23-11-12-2-1-3-13(10-12)19-18(22)17-14-4-8-24-15(14)5-9-25-17/h1-4,8,10,17H,5-7,9,11H2,(H,19,22)(H,20,21). The predicted octanol–water partition coefficient (Wildman–Crippen LogP) is 4.43. The quantitative estimate of drug-likeness (QED) is 0.682. The van der Waals surface area contributed by atoms with Crippen molar-refractivity contribution in [2.75, 3.05) is 16.8 Å². The van der Waals surface area contributed by atoms with E-state index in [1.165, 1.54) is 4.88 Å². The number of hydrogen-bond donors (Lipinski definition) is 2. The van der Waals surface area contributed by atoms with E-state index in [2.05, 4.69) is 16.8 Å². The molecule has 0 saturated carbocycles. The fourth-order valence-electron chi connectivity index (χ4n) is 2.66. The van der Waals surface area contributed by atoms with Crippen LogP contribution < -0.4 is 5.32 Å². The molecule has 2 N–H and O–H groups in total. The summed E-state index contributed by atoms with van der Waals surface area (Å²) in [4.78, 5) is 24.5. The smallest absolute Gasteiger partial charge is 0.304 e. The van der Waals surface area contributed by atoms with Gasteiger partial charge in [-0.1, -0.05) is 12.1 Å². The molecular weight excluding hydrogens is 374 g/mol. The molecule has 0 fully saturated rings. The van der Waals surface area contributed by atoms with E-state index >= 15 is 0 Å². The maximum Gasteiger partial charge on any atom is 0.304 e. The van der Waals surface area contributed by atoms with Gasteiger partial charge in [-0.05, 0) is 46.9 Å². The van der Waals surface area contributed by atoms with E-state index in [0.717, 1.165) is 34.7 Å². The Morgan fingerprint density at radius 3 is 3.04 bits per heavy atom. The molecule has 1 aliphatic heterocycles. The molecule has 4 nitrogen and oxygen atoms in total. The van der Waals surface area contributed by atoms with Gasteiger partial charge in [-0.25, -0.2) is 0 Å². The molecule has 2 aromatic rings. The molecule has 25 heavy (non-hydrogen) atoms. The zero-order valence-corrected chi connectivity index (χ0v) is 16.0. The number of carboxylic acid groups (broad SMARTS) is 1. The number of anilines is 1. The van der Waals surface area contributed by atoms with E-state index < -0.39 is 5.97 Å². The second kappa shape index (κ2) is 8.78. The van der Waals surface area contributed by atoms with Gasteiger partial charge in [0.15, 0.2) is 0 Å². The average molecular weight is 394 g/mol. The highest BCUT2D eigenvalue weighted by Gasteiger charge is 2.28. The summed E-state index contributed by atoms with van der Waals surface area (Å²) in [5.41, 5.74) is 3.03. The SMILES string of the molecule is O=C(O)CCSCc1cccc(NC(=O)C2SCCc3sccc32)c1. The molecule has 3 rings (SSSR count). The minimum Gasteiger partial charge on any atom is -0.481 e. The minimum absolute atomic E-state index is 0.0278. The van der Waals surface area contributed by atoms with Gasteiger partial charge in [-0.2, -0.15) is 11.8 Å². The normalized spacial score (nSPS) is 16.2. The Morgan fingerprint density at radius 2 is 2.20 bits per heavy atom. The number of thiophene rings is 1. The zero-order chi connectivity index (χ0) is 17.6. The van der Waals surface area contributed by atoms with Crippen LogP contribution in [0.25, 0.3) is 0 Å². The monoisotopic (exact) mass is 393 g/mol. The van der Waals surface area contributed by atoms with Crippen LogP contribution in [0, 0.1) is 0 Å². The number of amides is 1. The Bertz CT molecular complexity index is 760. The number of aryl methyl sites for hydroxylation is 1. The second-order valence-corrected chi connectivity index (χ2v) is 9.00. The fourth-order valence-corrected chi connectivity index (χ4v) is 5.83. The summed E-state index contributed by atoms with van der Waals surface area (Å²) < 4.78 is 0. The minimum atomic E-state index is -0.772. The Kier molecular flexibility index (Phi) is 6.45. The fraction of sp³-hybridized carbons (Fsp3) is 0.333. The molecule has 1 amide bonds. The maximum atomic E-state index is 12.7. The van der Waals surface area contributed by atoms with Crippen LogP contribution in [-0.2, 0) is 21.8 Å². The zero-order valence-electron chi connectivity index (χ0n) is 13.6. The summed E-state index contributed by atoms with van der Waals surface area (Å²) in [7, 11) is 0. The Morgan fingerprint density at radius 1 is 1.32 bits per heavy atom. The molecule has 0 bridgehead atoms. The van der Waals surface area contributed by atoms with Crippen LogP contribution in [0.2, 0.25) is 0 Å². The average Bonchev–Trinajstić information content (AvgIpc) is 3.07. The first-order valence-electron chi connectivity index (χ1n) is 8.00. The molecular formula is C18H19NO3S3. The Balaban J connectivity index is 1.59. The number of nitrogens with one attached hydrogen (secondary N) is 1. The van der Waals surface area contributed by atoms with Crippen LogP contribution in [0.5, 0.6) is 0 Å². The molecule has 0 radical (unpaired) electrons. The second-order valence-electron chi connectivity index (χ2n) is 5.69. The number of hydrogen-bond acceptors (Lipinski definition) is 5. The molecule has 2 heterocycles. The first-order valence-corrected chi connectivity index (χ1v) is 11.1. The lowest BCUT2D eigenvalue weighted by Crippen LogP contribution is -2.22. The third kappa shape index (κ3) is 5.03. The van der Waals surface area contributed by atoms with Crippen molar-refractivity contribution in [1.82, 2.24) is 0 Å². The van der Waals surface area contributed by atoms with E-state index in [-0.39, 0.29) is 17.6 Å². The van der Waals surface area contributed by atoms with Gasteiger partial charge in [0.1, 0.15) is 5.25 Å². The van der Waals surface area contributed by atoms with E-state index in [1.807, 2.05) is 24.3 Å². The van der Waals surface area contributed by atoms with Gasteiger partial charge in [-0.3, -0.25) is 9.59 Å². The lowest BCUT2D eigenvalue weighted by atomic mass is 10.1. The van der Waals surface area contributed by atoms with Crippen LogP contribution in [0.1, 0.15) is 27.7 Å². The number of carbonyl (C=O) groups excluding carboxylic acids is 1. The van der Waals surface area contributed by atoms with Gasteiger partial charge < -0.3 is 10.4 Å². The summed E-state index contributed by atoms with van der Waals surface area (Å²) in [6.45, 7) is 0. The van der Waals surface area contributed by atoms with Crippen molar-refractivity contribution in [3.8, 4) is 0 Å². The van der Waals surface area contributed by atoms with Crippen LogP contribution in [0.15, 0.2) is 35.7 Å². The van der Waals surface area contributed by atoms with Gasteiger partial charge in [0.25, 0.3) is 0 Å². The van der Waals surface area contributed by atoms with Gasteiger partial charge in [0.2, 0.25) is 5.91 Å². The molecule has 132 valence electrons. The molecule has 1 aliphatic rings. The van der Waals surface area contributed by atoms with Crippen LogP contribution >= 0.6 is 34.9 Å². The number of benzene rings is 1. The van der Waals surface area contributed by atoms with Crippen LogP contribution in [-0.4, -0.2) is 28.5 Å². The largest absolute Gasteiger partial charge is 0.481 e. The summed E-state index contributed by atoms with van der Waals surface area (Å²) in [6, 6.07) is 9.84.